The molecule has 8 bridgehead atoms. The fourth-order valence-corrected chi connectivity index (χ4v) is 9.98. The van der Waals surface area contributed by atoms with E-state index in [1.165, 1.54) is 22.3 Å². The molecule has 1 radical (unpaired) electrons. The second-order valence-electron chi connectivity index (χ2n) is 14.7. The molecule has 4 nitrogen and oxygen atoms in total. The number of hydrogen-bond acceptors (Lipinski definition) is 2. The molecule has 5 aliphatic heterocycles. The number of benzene rings is 4. The summed E-state index contributed by atoms with van der Waals surface area (Å²) in [7, 11) is 0. The Kier molecular flexibility index (Phi) is 9.79. The molecule has 0 aliphatic carbocycles. The van der Waals surface area contributed by atoms with Gasteiger partial charge in [-0.05, 0) is 45.9 Å². The zero-order valence-electron chi connectivity index (χ0n) is 28.0. The van der Waals surface area contributed by atoms with Gasteiger partial charge in [-0.15, -0.1) is 24.2 Å². The summed E-state index contributed by atoms with van der Waals surface area (Å²) in [6, 6.07) is 46.7. The molecule has 3 saturated heterocycles. The minimum atomic E-state index is 0. The van der Waals surface area contributed by atoms with Gasteiger partial charge in [-0.3, -0.25) is 0 Å². The van der Waals surface area contributed by atoms with Crippen LogP contribution in [0.3, 0.4) is 0 Å². The minimum absolute atomic E-state index is 0. The van der Waals surface area contributed by atoms with Crippen LogP contribution in [0.2, 0.25) is 0 Å². The average molecular weight is 682 g/mol. The van der Waals surface area contributed by atoms with Crippen LogP contribution in [0.1, 0.15) is 71.6 Å². The van der Waals surface area contributed by atoms with E-state index < -0.39 is 0 Å². The summed E-state index contributed by atoms with van der Waals surface area (Å²) in [5.74, 6) is 1.14. The van der Waals surface area contributed by atoms with Gasteiger partial charge in [0, 0.05) is 24.2 Å². The molecule has 49 heavy (non-hydrogen) atoms. The van der Waals surface area contributed by atoms with E-state index in [9.17, 15) is 0 Å². The van der Waals surface area contributed by atoms with Crippen LogP contribution < -0.4 is 10.6 Å². The third kappa shape index (κ3) is 6.44. The van der Waals surface area contributed by atoms with Gasteiger partial charge < -0.3 is 21.3 Å². The quantitative estimate of drug-likeness (QED) is 0.212. The molecule has 5 heteroatoms. The molecule has 0 amide bonds. The topological polar surface area (TPSA) is 52.3 Å². The first-order valence-corrected chi connectivity index (χ1v) is 18.3. The van der Waals surface area contributed by atoms with E-state index in [0.717, 1.165) is 25.7 Å². The van der Waals surface area contributed by atoms with Crippen molar-refractivity contribution in [3.63, 3.8) is 0 Å². The molecule has 12 unspecified atom stereocenters. The average Bonchev–Trinajstić information content (AvgIpc) is 3.98. The van der Waals surface area contributed by atoms with Crippen molar-refractivity contribution in [1.29, 1.82) is 0 Å². The van der Waals surface area contributed by atoms with Gasteiger partial charge in [-0.2, -0.15) is 0 Å². The first kappa shape index (κ1) is 33.0. The Bertz CT molecular complexity index is 1460. The molecule has 3 fully saturated rings. The molecule has 247 valence electrons. The summed E-state index contributed by atoms with van der Waals surface area (Å²) in [5.41, 5.74) is 5.55. The van der Waals surface area contributed by atoms with Crippen molar-refractivity contribution in [3.8, 4) is 0 Å². The van der Waals surface area contributed by atoms with Crippen LogP contribution in [-0.4, -0.2) is 48.3 Å². The smallest absolute Gasteiger partial charge is 0.656 e. The molecular weight excluding hydrogens is 635 g/mol. The number of fused-ring (bicyclic) bond motifs is 8. The maximum Gasteiger partial charge on any atom is 2.00 e. The Morgan fingerprint density at radius 3 is 0.796 bits per heavy atom. The van der Waals surface area contributed by atoms with Crippen LogP contribution in [-0.2, 0) is 18.6 Å². The Morgan fingerprint density at radius 2 is 0.571 bits per heavy atom. The van der Waals surface area contributed by atoms with Gasteiger partial charge in [-0.1, -0.05) is 171 Å². The second-order valence-corrected chi connectivity index (χ2v) is 14.7. The monoisotopic (exact) mass is 681 g/mol. The molecule has 2 N–H and O–H groups in total. The first-order valence-electron chi connectivity index (χ1n) is 18.3. The molecule has 4 aromatic carbocycles. The van der Waals surface area contributed by atoms with Crippen LogP contribution in [0.15, 0.2) is 146 Å². The largest absolute Gasteiger partial charge is 2.00 e. The van der Waals surface area contributed by atoms with Crippen LogP contribution in [0.5, 0.6) is 0 Å². The van der Waals surface area contributed by atoms with Crippen LogP contribution >= 0.6 is 0 Å². The van der Waals surface area contributed by atoms with E-state index in [1.807, 2.05) is 0 Å². The van der Waals surface area contributed by atoms with Gasteiger partial charge >= 0.3 is 18.6 Å². The van der Waals surface area contributed by atoms with Gasteiger partial charge in [0.15, 0.2) is 0 Å². The van der Waals surface area contributed by atoms with E-state index in [-0.39, 0.29) is 90.6 Å². The normalized spacial score (nSPS) is 36.4. The van der Waals surface area contributed by atoms with Gasteiger partial charge in [0.25, 0.3) is 0 Å². The summed E-state index contributed by atoms with van der Waals surface area (Å²) in [6.07, 6.45) is 14.3. The molecule has 12 atom stereocenters. The molecule has 0 saturated carbocycles. The van der Waals surface area contributed by atoms with Gasteiger partial charge in [-0.25, -0.2) is 0 Å². The zero-order chi connectivity index (χ0) is 31.9. The maximum atomic E-state index is 5.80. The van der Waals surface area contributed by atoms with Crippen molar-refractivity contribution in [2.24, 2.45) is 0 Å². The van der Waals surface area contributed by atoms with E-state index in [2.05, 4.69) is 156 Å². The fourth-order valence-electron chi connectivity index (χ4n) is 9.98. The van der Waals surface area contributed by atoms with Crippen molar-refractivity contribution >= 4 is 0 Å². The third-order valence-electron chi connectivity index (χ3n) is 12.0. The Morgan fingerprint density at radius 1 is 0.347 bits per heavy atom. The predicted octanol–water partition coefficient (Wildman–Crippen LogP) is 8.74. The van der Waals surface area contributed by atoms with E-state index >= 15 is 0 Å². The summed E-state index contributed by atoms with van der Waals surface area (Å²) in [6.45, 7) is 0. The Hall–Kier alpha value is -3.22. The SMILES string of the molecule is C1=CC2NC1C(c1ccccc1)C1CCC([N-]1)C(c1ccccc1)C1C=CC(N1)C(c1ccccc1)C1CCC([N-]1)C2c1ccccc1.[V+2]. The zero-order valence-corrected chi connectivity index (χ0v) is 29.4. The molecular formula is C44H46N4V. The maximum absolute atomic E-state index is 5.80. The first-order chi connectivity index (χ1) is 23.8. The molecule has 5 aliphatic rings. The summed E-state index contributed by atoms with van der Waals surface area (Å²) >= 11 is 0. The van der Waals surface area contributed by atoms with E-state index in [0.29, 0.717) is 0 Å². The number of nitrogens with zero attached hydrogens (tertiary/aromatic N) is 2. The van der Waals surface area contributed by atoms with Gasteiger partial charge in [0.1, 0.15) is 0 Å². The van der Waals surface area contributed by atoms with Crippen molar-refractivity contribution in [1.82, 2.24) is 10.6 Å². The van der Waals surface area contributed by atoms with Crippen molar-refractivity contribution in [2.45, 2.75) is 97.7 Å². The van der Waals surface area contributed by atoms with Crippen LogP contribution in [0.25, 0.3) is 10.6 Å². The Balaban J connectivity index is 0.00000348. The van der Waals surface area contributed by atoms with Gasteiger partial charge in [0.2, 0.25) is 0 Å². The van der Waals surface area contributed by atoms with Crippen LogP contribution in [0.4, 0.5) is 0 Å². The second kappa shape index (κ2) is 14.6. The minimum Gasteiger partial charge on any atom is -0.656 e. The van der Waals surface area contributed by atoms with E-state index in [4.69, 9.17) is 10.6 Å². The molecule has 0 aromatic heterocycles. The molecule has 5 heterocycles. The third-order valence-corrected chi connectivity index (χ3v) is 12.0. The summed E-state index contributed by atoms with van der Waals surface area (Å²) in [5, 5.41) is 20.0. The molecule has 9 rings (SSSR count). The van der Waals surface area contributed by atoms with Crippen molar-refractivity contribution in [3.05, 3.63) is 179 Å². The number of nitrogens with one attached hydrogen (secondary N) is 2. The molecule has 4 aromatic rings. The van der Waals surface area contributed by atoms with E-state index in [1.54, 1.807) is 0 Å². The number of rotatable bonds is 4. The molecule has 0 spiro atoms. The van der Waals surface area contributed by atoms with Crippen LogP contribution in [0, 0.1) is 0 Å². The van der Waals surface area contributed by atoms with Gasteiger partial charge in [0.05, 0.1) is 0 Å². The fraction of sp³-hybridized carbons (Fsp3) is 0.364. The van der Waals surface area contributed by atoms with Crippen molar-refractivity contribution < 1.29 is 18.6 Å². The Labute approximate surface area is 304 Å². The predicted molar refractivity (Wildman–Crippen MR) is 197 cm³/mol. The number of hydrogen-bond donors (Lipinski definition) is 2. The summed E-state index contributed by atoms with van der Waals surface area (Å²) in [4.78, 5) is 0. The standard InChI is InChI=1S/C44H46N4.V/c1-5-13-29(14-6-1)41-33-21-23-35(45-33)42(30-15-7-2-8-16-30)37-25-27-39(47-37)44(32-19-11-4-12-20-32)40-28-26-38(48-40)43(31-17-9-3-10-18-31)36-24-22-34(41)46-36;/h1-21,23,26,28,33-45,48H,22,24-25,27H2;/q-2;+2. The summed E-state index contributed by atoms with van der Waals surface area (Å²) < 4.78 is 0. The van der Waals surface area contributed by atoms with Crippen molar-refractivity contribution in [2.75, 3.05) is 0 Å².